The zero-order chi connectivity index (χ0) is 18.7. The van der Waals surface area contributed by atoms with Crippen LogP contribution in [0.5, 0.6) is 0 Å². The van der Waals surface area contributed by atoms with Crippen molar-refractivity contribution in [1.82, 2.24) is 20.9 Å². The Balaban J connectivity index is 1.64. The highest BCUT2D eigenvalue weighted by Gasteiger charge is 2.41. The average molecular weight is 362 g/mol. The molecule has 0 unspecified atom stereocenters. The van der Waals surface area contributed by atoms with Crippen LogP contribution in [0.15, 0.2) is 24.3 Å². The second-order valence-electron chi connectivity index (χ2n) is 6.71. The molecule has 3 rings (SSSR count). The van der Waals surface area contributed by atoms with E-state index in [1.165, 1.54) is 4.90 Å². The lowest BCUT2D eigenvalue weighted by molar-refractivity contribution is -0.0677. The van der Waals surface area contributed by atoms with Crippen LogP contribution in [0.4, 0.5) is 9.59 Å². The topological polar surface area (TPSA) is 91.9 Å². The van der Waals surface area contributed by atoms with Crippen LogP contribution in [0, 0.1) is 6.92 Å². The van der Waals surface area contributed by atoms with Gasteiger partial charge in [0.1, 0.15) is 6.10 Å². The molecule has 8 heteroatoms. The molecular formula is C18H26N4O4. The highest BCUT2D eigenvalue weighted by molar-refractivity contribution is 5.96. The summed E-state index contributed by atoms with van der Waals surface area (Å²) in [5.74, 6) is 0. The first-order valence-electron chi connectivity index (χ1n) is 8.83. The van der Waals surface area contributed by atoms with Gasteiger partial charge >= 0.3 is 12.1 Å². The van der Waals surface area contributed by atoms with Gasteiger partial charge in [0.2, 0.25) is 0 Å². The molecule has 0 bridgehead atoms. The fourth-order valence-electron chi connectivity index (χ4n) is 3.41. The number of amides is 4. The third-order valence-electron chi connectivity index (χ3n) is 4.84. The number of hydrogen-bond acceptors (Lipinski definition) is 5. The molecule has 1 aromatic carbocycles. The van der Waals surface area contributed by atoms with E-state index in [0.29, 0.717) is 19.6 Å². The lowest BCUT2D eigenvalue weighted by atomic mass is 10.0. The zero-order valence-corrected chi connectivity index (χ0v) is 15.3. The van der Waals surface area contributed by atoms with Crippen molar-refractivity contribution in [3.63, 3.8) is 0 Å². The molecule has 2 aliphatic heterocycles. The van der Waals surface area contributed by atoms with Crippen molar-refractivity contribution >= 4 is 12.1 Å². The Morgan fingerprint density at radius 3 is 2.69 bits per heavy atom. The predicted molar refractivity (Wildman–Crippen MR) is 95.4 cm³/mol. The quantitative estimate of drug-likeness (QED) is 0.738. The van der Waals surface area contributed by atoms with E-state index in [1.54, 1.807) is 7.11 Å². The van der Waals surface area contributed by atoms with E-state index in [0.717, 1.165) is 11.1 Å². The fraction of sp³-hybridized carbons (Fsp3) is 0.556. The maximum absolute atomic E-state index is 12.6. The number of hydrogen-bond donors (Lipinski definition) is 3. The van der Waals surface area contributed by atoms with E-state index in [-0.39, 0.29) is 18.2 Å². The van der Waals surface area contributed by atoms with Crippen LogP contribution in [0.3, 0.4) is 0 Å². The molecule has 2 aliphatic rings. The van der Waals surface area contributed by atoms with Crippen molar-refractivity contribution < 1.29 is 19.1 Å². The minimum absolute atomic E-state index is 0.0399. The van der Waals surface area contributed by atoms with Gasteiger partial charge in [-0.3, -0.25) is 5.32 Å². The summed E-state index contributed by atoms with van der Waals surface area (Å²) in [4.78, 5) is 26.3. The van der Waals surface area contributed by atoms with Crippen LogP contribution in [-0.2, 0) is 9.47 Å². The fourth-order valence-corrected chi connectivity index (χ4v) is 3.41. The molecule has 0 saturated carbocycles. The molecule has 2 fully saturated rings. The first-order valence-corrected chi connectivity index (χ1v) is 8.83. The lowest BCUT2D eigenvalue weighted by Gasteiger charge is -2.41. The van der Waals surface area contributed by atoms with Gasteiger partial charge < -0.3 is 20.1 Å². The molecule has 0 aliphatic carbocycles. The number of nitrogens with one attached hydrogen (secondary N) is 3. The normalized spacial score (nSPS) is 25.6. The third kappa shape index (κ3) is 3.98. The summed E-state index contributed by atoms with van der Waals surface area (Å²) in [6.45, 7) is 4.87. The summed E-state index contributed by atoms with van der Waals surface area (Å²) >= 11 is 0. The van der Waals surface area contributed by atoms with Crippen molar-refractivity contribution in [2.24, 2.45) is 0 Å². The second kappa shape index (κ2) is 8.03. The van der Waals surface area contributed by atoms with Crippen LogP contribution in [0.2, 0.25) is 0 Å². The van der Waals surface area contributed by atoms with Crippen molar-refractivity contribution in [2.75, 3.05) is 20.3 Å². The molecule has 8 nitrogen and oxygen atoms in total. The molecular weight excluding hydrogens is 336 g/mol. The predicted octanol–water partition coefficient (Wildman–Crippen LogP) is 1.47. The van der Waals surface area contributed by atoms with E-state index in [4.69, 9.17) is 9.47 Å². The first-order chi connectivity index (χ1) is 12.5. The van der Waals surface area contributed by atoms with Crippen molar-refractivity contribution in [2.45, 2.75) is 44.7 Å². The molecule has 4 amide bonds. The number of urea groups is 2. The number of methoxy groups -OCH3 is 1. The number of aryl methyl sites for hydroxylation is 1. The van der Waals surface area contributed by atoms with Crippen molar-refractivity contribution in [3.8, 4) is 0 Å². The SMILES string of the molecule is CO[C@@H]1COCC[C@H]1N1C(=O)NC(N[C@@H](C)c2cccc(C)c2)NC1=O. The third-order valence-corrected chi connectivity index (χ3v) is 4.84. The Kier molecular flexibility index (Phi) is 5.75. The van der Waals surface area contributed by atoms with Crippen molar-refractivity contribution in [1.29, 1.82) is 0 Å². The Morgan fingerprint density at radius 2 is 2.04 bits per heavy atom. The molecule has 26 heavy (non-hydrogen) atoms. The minimum Gasteiger partial charge on any atom is -0.379 e. The van der Waals surface area contributed by atoms with Gasteiger partial charge in [0.25, 0.3) is 0 Å². The van der Waals surface area contributed by atoms with Crippen LogP contribution < -0.4 is 16.0 Å². The monoisotopic (exact) mass is 362 g/mol. The number of benzene rings is 1. The largest absolute Gasteiger partial charge is 0.379 e. The molecule has 1 aromatic rings. The number of carbonyl (C=O) groups excluding carboxylic acids is 2. The van der Waals surface area contributed by atoms with Gasteiger partial charge in [-0.05, 0) is 25.8 Å². The van der Waals surface area contributed by atoms with Gasteiger partial charge in [0.05, 0.1) is 12.6 Å². The van der Waals surface area contributed by atoms with Gasteiger partial charge in [0.15, 0.2) is 6.29 Å². The number of imide groups is 1. The van der Waals surface area contributed by atoms with E-state index >= 15 is 0 Å². The Labute approximate surface area is 153 Å². The minimum atomic E-state index is -0.636. The molecule has 2 heterocycles. The maximum atomic E-state index is 12.6. The van der Waals surface area contributed by atoms with E-state index in [9.17, 15) is 9.59 Å². The van der Waals surface area contributed by atoms with Crippen LogP contribution >= 0.6 is 0 Å². The summed E-state index contributed by atoms with van der Waals surface area (Å²) in [6, 6.07) is 6.84. The number of nitrogens with zero attached hydrogens (tertiary/aromatic N) is 1. The van der Waals surface area contributed by atoms with Crippen LogP contribution in [0.1, 0.15) is 30.5 Å². The van der Waals surface area contributed by atoms with Crippen LogP contribution in [-0.4, -0.2) is 55.7 Å². The van der Waals surface area contributed by atoms with Gasteiger partial charge in [0, 0.05) is 19.8 Å². The Hall–Kier alpha value is -2.16. The first kappa shape index (κ1) is 18.6. The van der Waals surface area contributed by atoms with E-state index < -0.39 is 18.4 Å². The molecule has 0 spiro atoms. The standard InChI is InChI=1S/C18H26N4O4/c1-11-5-4-6-13(9-11)12(2)19-16-20-17(23)22(18(24)21-16)14-7-8-26-10-15(14)25-3/h4-6,9,12,14-16,19H,7-8,10H2,1-3H3,(H,20,23)(H,21,24)/t12-,14+,15+/m0/s1. The average Bonchev–Trinajstić information content (AvgIpc) is 2.61. The van der Waals surface area contributed by atoms with Gasteiger partial charge in [-0.2, -0.15) is 0 Å². The summed E-state index contributed by atoms with van der Waals surface area (Å²) in [7, 11) is 1.56. The molecule has 2 saturated heterocycles. The lowest BCUT2D eigenvalue weighted by Crippen LogP contribution is -2.71. The van der Waals surface area contributed by atoms with E-state index in [1.807, 2.05) is 32.0 Å². The Bertz CT molecular complexity index is 650. The smallest absolute Gasteiger partial charge is 0.328 e. The molecule has 142 valence electrons. The van der Waals surface area contributed by atoms with Gasteiger partial charge in [-0.25, -0.2) is 14.5 Å². The van der Waals surface area contributed by atoms with Crippen LogP contribution in [0.25, 0.3) is 0 Å². The van der Waals surface area contributed by atoms with E-state index in [2.05, 4.69) is 22.0 Å². The number of carbonyl (C=O) groups is 2. The second-order valence-corrected chi connectivity index (χ2v) is 6.71. The Morgan fingerprint density at radius 1 is 1.31 bits per heavy atom. The maximum Gasteiger partial charge on any atom is 0.328 e. The molecule has 0 aromatic heterocycles. The summed E-state index contributed by atoms with van der Waals surface area (Å²) in [6.07, 6.45) is -0.407. The summed E-state index contributed by atoms with van der Waals surface area (Å²) in [5.41, 5.74) is 2.24. The van der Waals surface area contributed by atoms with Gasteiger partial charge in [-0.15, -0.1) is 0 Å². The van der Waals surface area contributed by atoms with Crippen molar-refractivity contribution in [3.05, 3.63) is 35.4 Å². The molecule has 3 N–H and O–H groups in total. The highest BCUT2D eigenvalue weighted by atomic mass is 16.5. The highest BCUT2D eigenvalue weighted by Crippen LogP contribution is 2.20. The molecule has 3 atom stereocenters. The number of ether oxygens (including phenoxy) is 2. The van der Waals surface area contributed by atoms with Gasteiger partial charge in [-0.1, -0.05) is 29.8 Å². The summed E-state index contributed by atoms with van der Waals surface area (Å²) < 4.78 is 10.7. The number of rotatable bonds is 5. The molecule has 0 radical (unpaired) electrons. The summed E-state index contributed by atoms with van der Waals surface area (Å²) in [5, 5.41) is 8.83. The zero-order valence-electron chi connectivity index (χ0n) is 15.3.